The molecule has 0 spiro atoms. The van der Waals surface area contributed by atoms with Crippen LogP contribution in [0.15, 0.2) is 24.5 Å². The molecule has 2 aliphatic rings. The Morgan fingerprint density at radius 2 is 2.12 bits per heavy atom. The van der Waals surface area contributed by atoms with Crippen LogP contribution in [-0.4, -0.2) is 55.7 Å². The van der Waals surface area contributed by atoms with E-state index in [1.165, 1.54) is 30.7 Å². The number of rotatable bonds is 6. The summed E-state index contributed by atoms with van der Waals surface area (Å²) in [5, 5.41) is 8.85. The monoisotopic (exact) mass is 340 g/mol. The molecule has 0 unspecified atom stereocenters. The van der Waals surface area contributed by atoms with Gasteiger partial charge in [-0.3, -0.25) is 14.8 Å². The highest BCUT2D eigenvalue weighted by atomic mass is 15.3. The van der Waals surface area contributed by atoms with Gasteiger partial charge in [0.25, 0.3) is 0 Å². The van der Waals surface area contributed by atoms with Crippen LogP contribution < -0.4 is 0 Å². The highest BCUT2D eigenvalue weighted by molar-refractivity contribution is 5.14. The van der Waals surface area contributed by atoms with E-state index in [1.54, 1.807) is 0 Å². The van der Waals surface area contributed by atoms with Crippen LogP contribution in [0.4, 0.5) is 0 Å². The van der Waals surface area contributed by atoms with E-state index in [4.69, 9.17) is 0 Å². The lowest BCUT2D eigenvalue weighted by molar-refractivity contribution is 0.199. The van der Waals surface area contributed by atoms with Crippen molar-refractivity contribution >= 4 is 0 Å². The molecule has 2 aromatic heterocycles. The van der Waals surface area contributed by atoms with Gasteiger partial charge in [-0.1, -0.05) is 6.07 Å². The number of nitrogens with zero attached hydrogens (tertiary/aromatic N) is 6. The maximum absolute atomic E-state index is 4.44. The molecule has 0 aromatic carbocycles. The Morgan fingerprint density at radius 1 is 1.28 bits per heavy atom. The van der Waals surface area contributed by atoms with Gasteiger partial charge in [0.2, 0.25) is 0 Å². The second-order valence-electron chi connectivity index (χ2n) is 7.62. The van der Waals surface area contributed by atoms with Gasteiger partial charge in [-0.25, -0.2) is 0 Å². The first-order chi connectivity index (χ1) is 12.1. The Morgan fingerprint density at radius 3 is 2.84 bits per heavy atom. The van der Waals surface area contributed by atoms with Gasteiger partial charge in [0.15, 0.2) is 0 Å². The molecule has 0 amide bonds. The van der Waals surface area contributed by atoms with E-state index in [0.717, 1.165) is 25.5 Å². The van der Waals surface area contributed by atoms with Crippen molar-refractivity contribution in [2.24, 2.45) is 7.05 Å². The first-order valence-corrected chi connectivity index (χ1v) is 9.36. The van der Waals surface area contributed by atoms with Crippen molar-refractivity contribution in [3.8, 4) is 0 Å². The van der Waals surface area contributed by atoms with Crippen molar-refractivity contribution < 1.29 is 0 Å². The molecule has 6 nitrogen and oxygen atoms in total. The summed E-state index contributed by atoms with van der Waals surface area (Å²) in [5.74, 6) is 2.91. The molecule has 2 atom stereocenters. The molecule has 134 valence electrons. The van der Waals surface area contributed by atoms with Crippen LogP contribution in [-0.2, 0) is 13.6 Å². The molecule has 1 saturated carbocycles. The van der Waals surface area contributed by atoms with Crippen LogP contribution in [0, 0.1) is 0 Å². The average Bonchev–Trinajstić information content (AvgIpc) is 3.24. The van der Waals surface area contributed by atoms with Gasteiger partial charge in [0.05, 0.1) is 6.54 Å². The van der Waals surface area contributed by atoms with Crippen molar-refractivity contribution in [1.29, 1.82) is 0 Å². The third kappa shape index (κ3) is 3.46. The van der Waals surface area contributed by atoms with Crippen LogP contribution in [0.25, 0.3) is 0 Å². The summed E-state index contributed by atoms with van der Waals surface area (Å²) >= 11 is 0. The first-order valence-electron chi connectivity index (χ1n) is 9.36. The van der Waals surface area contributed by atoms with E-state index in [-0.39, 0.29) is 0 Å². The molecule has 0 radical (unpaired) electrons. The molecule has 1 aliphatic carbocycles. The minimum Gasteiger partial charge on any atom is -0.317 e. The standard InChI is InChI=1S/C19H28N6/c1-14(16-5-4-9-20-11-16)25-10-8-17(12-25)23(2)13-18-21-22-19(24(18)3)15-6-7-15/h4-5,9,11,14-15,17H,6-8,10,12-13H2,1-3H3/t14-,17+/m1/s1. The van der Waals surface area contributed by atoms with Gasteiger partial charge in [0, 0.05) is 50.5 Å². The topological polar surface area (TPSA) is 50.1 Å². The van der Waals surface area contributed by atoms with Crippen LogP contribution in [0.2, 0.25) is 0 Å². The lowest BCUT2D eigenvalue weighted by Gasteiger charge is -2.27. The normalized spacial score (nSPS) is 22.6. The van der Waals surface area contributed by atoms with E-state index in [0.29, 0.717) is 18.0 Å². The average molecular weight is 340 g/mol. The number of aromatic nitrogens is 4. The summed E-state index contributed by atoms with van der Waals surface area (Å²) in [6.45, 7) is 5.39. The number of pyridine rings is 1. The number of likely N-dealkylation sites (N-methyl/N-ethyl adjacent to an activating group) is 1. The van der Waals surface area contributed by atoms with Crippen molar-refractivity contribution in [2.45, 2.75) is 50.7 Å². The second kappa shape index (κ2) is 6.84. The highest BCUT2D eigenvalue weighted by Crippen LogP contribution is 2.38. The largest absolute Gasteiger partial charge is 0.317 e. The summed E-state index contributed by atoms with van der Waals surface area (Å²) in [7, 11) is 4.33. The van der Waals surface area contributed by atoms with Crippen molar-refractivity contribution in [3.05, 3.63) is 41.7 Å². The Balaban J connectivity index is 1.36. The summed E-state index contributed by atoms with van der Waals surface area (Å²) in [6, 6.07) is 5.19. The minimum absolute atomic E-state index is 0.420. The van der Waals surface area contributed by atoms with E-state index >= 15 is 0 Å². The van der Waals surface area contributed by atoms with Gasteiger partial charge >= 0.3 is 0 Å². The number of hydrogen-bond acceptors (Lipinski definition) is 5. The molecule has 2 aromatic rings. The Labute approximate surface area is 149 Å². The predicted molar refractivity (Wildman–Crippen MR) is 97.1 cm³/mol. The summed E-state index contributed by atoms with van der Waals surface area (Å²) in [4.78, 5) is 9.26. The maximum atomic E-state index is 4.44. The second-order valence-corrected chi connectivity index (χ2v) is 7.62. The Hall–Kier alpha value is -1.79. The van der Waals surface area contributed by atoms with Crippen molar-refractivity contribution in [2.75, 3.05) is 20.1 Å². The summed E-state index contributed by atoms with van der Waals surface area (Å²) in [6.07, 6.45) is 7.57. The van der Waals surface area contributed by atoms with E-state index in [1.807, 2.05) is 18.5 Å². The minimum atomic E-state index is 0.420. The van der Waals surface area contributed by atoms with Crippen molar-refractivity contribution in [1.82, 2.24) is 29.5 Å². The molecule has 6 heteroatoms. The number of hydrogen-bond donors (Lipinski definition) is 0. The summed E-state index contributed by atoms with van der Waals surface area (Å²) < 4.78 is 2.21. The summed E-state index contributed by atoms with van der Waals surface area (Å²) in [5.41, 5.74) is 1.30. The SMILES string of the molecule is C[C@H](c1cccnc1)N1CC[C@H](N(C)Cc2nnc(C3CC3)n2C)C1. The quantitative estimate of drug-likeness (QED) is 0.808. The van der Waals surface area contributed by atoms with Crippen molar-refractivity contribution in [3.63, 3.8) is 0 Å². The molecule has 0 N–H and O–H groups in total. The van der Waals surface area contributed by atoms with Crippen LogP contribution in [0.1, 0.15) is 55.4 Å². The molecule has 25 heavy (non-hydrogen) atoms. The Kier molecular flexibility index (Phi) is 4.56. The lowest BCUT2D eigenvalue weighted by Crippen LogP contribution is -2.35. The predicted octanol–water partition coefficient (Wildman–Crippen LogP) is 2.35. The zero-order valence-corrected chi connectivity index (χ0v) is 15.5. The molecule has 4 rings (SSSR count). The van der Waals surface area contributed by atoms with E-state index < -0.39 is 0 Å². The smallest absolute Gasteiger partial charge is 0.146 e. The third-order valence-corrected chi connectivity index (χ3v) is 5.86. The van der Waals surface area contributed by atoms with Gasteiger partial charge in [0.1, 0.15) is 11.6 Å². The fourth-order valence-corrected chi connectivity index (χ4v) is 3.88. The fraction of sp³-hybridized carbons (Fsp3) is 0.632. The Bertz CT molecular complexity index is 708. The molecule has 2 fully saturated rings. The van der Waals surface area contributed by atoms with E-state index in [2.05, 4.69) is 56.6 Å². The fourth-order valence-electron chi connectivity index (χ4n) is 3.88. The molecular formula is C19H28N6. The molecule has 1 saturated heterocycles. The first kappa shape index (κ1) is 16.7. The molecular weight excluding hydrogens is 312 g/mol. The van der Waals surface area contributed by atoms with Gasteiger partial charge in [-0.15, -0.1) is 10.2 Å². The zero-order chi connectivity index (χ0) is 17.4. The zero-order valence-electron chi connectivity index (χ0n) is 15.5. The van der Waals surface area contributed by atoms with Gasteiger partial charge < -0.3 is 4.57 Å². The highest BCUT2D eigenvalue weighted by Gasteiger charge is 2.32. The third-order valence-electron chi connectivity index (χ3n) is 5.86. The van der Waals surface area contributed by atoms with E-state index in [9.17, 15) is 0 Å². The molecule has 1 aliphatic heterocycles. The van der Waals surface area contributed by atoms with Gasteiger partial charge in [-0.2, -0.15) is 0 Å². The number of likely N-dealkylation sites (tertiary alicyclic amines) is 1. The lowest BCUT2D eigenvalue weighted by atomic mass is 10.1. The van der Waals surface area contributed by atoms with Gasteiger partial charge in [-0.05, 0) is 44.9 Å². The van der Waals surface area contributed by atoms with Crippen LogP contribution >= 0.6 is 0 Å². The van der Waals surface area contributed by atoms with Crippen LogP contribution in [0.5, 0.6) is 0 Å². The van der Waals surface area contributed by atoms with Crippen LogP contribution in [0.3, 0.4) is 0 Å². The molecule has 3 heterocycles. The molecule has 0 bridgehead atoms. The maximum Gasteiger partial charge on any atom is 0.146 e.